The van der Waals surface area contributed by atoms with Gasteiger partial charge in [-0.25, -0.2) is 4.98 Å². The number of pyridine rings is 1. The van der Waals surface area contributed by atoms with Crippen molar-refractivity contribution >= 4 is 17.7 Å². The van der Waals surface area contributed by atoms with Gasteiger partial charge in [-0.2, -0.15) is 0 Å². The minimum atomic E-state index is -0.855. The Bertz CT molecular complexity index is 1060. The average Bonchev–Trinajstić information content (AvgIpc) is 2.81. The molecule has 0 aliphatic carbocycles. The van der Waals surface area contributed by atoms with Gasteiger partial charge in [0.25, 0.3) is 0 Å². The Morgan fingerprint density at radius 2 is 1.91 bits per heavy atom. The number of hydrogen-bond donors (Lipinski definition) is 2. The third-order valence-electron chi connectivity index (χ3n) is 7.72. The molecular weight excluding hydrogens is 428 g/mol. The number of carbonyl (C=O) groups excluding carboxylic acids is 1. The summed E-state index contributed by atoms with van der Waals surface area (Å²) in [7, 11) is 0. The first-order valence-corrected chi connectivity index (χ1v) is 12.5. The smallest absolute Gasteiger partial charge is 0.325 e. The number of aliphatic carboxylic acids is 1. The molecule has 0 saturated carbocycles. The van der Waals surface area contributed by atoms with E-state index in [0.29, 0.717) is 19.0 Å². The van der Waals surface area contributed by atoms with Crippen LogP contribution < -0.4 is 5.32 Å². The number of amides is 1. The molecule has 0 radical (unpaired) electrons. The summed E-state index contributed by atoms with van der Waals surface area (Å²) in [6.45, 7) is 5.52. The number of carbonyl (C=O) groups is 2. The summed E-state index contributed by atoms with van der Waals surface area (Å²) in [5, 5.41) is 13.2. The summed E-state index contributed by atoms with van der Waals surface area (Å²) in [4.78, 5) is 33.8. The maximum absolute atomic E-state index is 13.1. The number of benzene rings is 1. The maximum Gasteiger partial charge on any atom is 0.325 e. The summed E-state index contributed by atoms with van der Waals surface area (Å²) in [6, 6.07) is 11.3. The third-order valence-corrected chi connectivity index (χ3v) is 7.72. The largest absolute Gasteiger partial charge is 0.480 e. The number of likely N-dealkylation sites (tertiary alicyclic amines) is 2. The number of aryl methyl sites for hydroxylation is 2. The number of rotatable bonds is 6. The first-order valence-electron chi connectivity index (χ1n) is 12.5. The van der Waals surface area contributed by atoms with E-state index in [1.165, 1.54) is 12.0 Å². The van der Waals surface area contributed by atoms with Gasteiger partial charge in [0.05, 0.1) is 5.92 Å². The van der Waals surface area contributed by atoms with Crippen LogP contribution in [0.2, 0.25) is 0 Å². The highest BCUT2D eigenvalue weighted by molar-refractivity contribution is 5.81. The van der Waals surface area contributed by atoms with E-state index >= 15 is 0 Å². The molecular formula is C27H34N4O3. The second-order valence-corrected chi connectivity index (χ2v) is 10.1. The van der Waals surface area contributed by atoms with E-state index in [9.17, 15) is 14.7 Å². The number of nitrogens with zero attached hydrogens (tertiary/aromatic N) is 3. The van der Waals surface area contributed by atoms with Crippen molar-refractivity contribution in [3.8, 4) is 0 Å². The monoisotopic (exact) mass is 462 g/mol. The Morgan fingerprint density at radius 3 is 2.65 bits per heavy atom. The van der Waals surface area contributed by atoms with Gasteiger partial charge in [0.1, 0.15) is 11.9 Å². The SMILES string of the molecule is Cc1ccccc1C(C(=O)O)N1CC(C(=O)N2CCC(Cc3ccc4c(n3)NCCC4)CC2)C1. The summed E-state index contributed by atoms with van der Waals surface area (Å²) < 4.78 is 0. The van der Waals surface area contributed by atoms with Crippen LogP contribution in [0.4, 0.5) is 5.82 Å². The van der Waals surface area contributed by atoms with Gasteiger partial charge in [-0.15, -0.1) is 0 Å². The molecule has 1 atom stereocenters. The molecule has 2 N–H and O–H groups in total. The van der Waals surface area contributed by atoms with Gasteiger partial charge in [0.15, 0.2) is 0 Å². The molecule has 2 saturated heterocycles. The van der Waals surface area contributed by atoms with E-state index in [4.69, 9.17) is 4.98 Å². The van der Waals surface area contributed by atoms with Crippen molar-refractivity contribution in [1.82, 2.24) is 14.8 Å². The fourth-order valence-electron chi connectivity index (χ4n) is 5.65. The summed E-state index contributed by atoms with van der Waals surface area (Å²) in [5.74, 6) is 0.826. The molecule has 1 aromatic carbocycles. The van der Waals surface area contributed by atoms with Crippen molar-refractivity contribution in [3.63, 3.8) is 0 Å². The predicted molar refractivity (Wildman–Crippen MR) is 131 cm³/mol. The van der Waals surface area contributed by atoms with Gasteiger partial charge >= 0.3 is 5.97 Å². The van der Waals surface area contributed by atoms with Crippen LogP contribution in [-0.2, 0) is 22.4 Å². The van der Waals surface area contributed by atoms with Gasteiger partial charge in [-0.05, 0) is 67.7 Å². The molecule has 2 fully saturated rings. The number of anilines is 1. The van der Waals surface area contributed by atoms with E-state index in [0.717, 1.165) is 68.0 Å². The van der Waals surface area contributed by atoms with Crippen molar-refractivity contribution in [3.05, 3.63) is 58.8 Å². The molecule has 2 aromatic rings. The minimum absolute atomic E-state index is 0.101. The Hall–Kier alpha value is -2.93. The van der Waals surface area contributed by atoms with E-state index < -0.39 is 12.0 Å². The molecule has 0 spiro atoms. The highest BCUT2D eigenvalue weighted by Gasteiger charge is 2.42. The van der Waals surface area contributed by atoms with Gasteiger partial charge in [-0.1, -0.05) is 30.3 Å². The van der Waals surface area contributed by atoms with E-state index in [1.54, 1.807) is 0 Å². The number of fused-ring (bicyclic) bond motifs is 1. The minimum Gasteiger partial charge on any atom is -0.480 e. The number of carboxylic acids is 1. The van der Waals surface area contributed by atoms with Crippen LogP contribution in [0.1, 0.15) is 47.7 Å². The maximum atomic E-state index is 13.1. The second kappa shape index (κ2) is 9.74. The van der Waals surface area contributed by atoms with E-state index in [1.807, 2.05) is 41.0 Å². The van der Waals surface area contributed by atoms with Crippen molar-refractivity contribution in [2.45, 2.75) is 45.1 Å². The molecule has 5 rings (SSSR count). The zero-order valence-corrected chi connectivity index (χ0v) is 19.9. The van der Waals surface area contributed by atoms with E-state index in [2.05, 4.69) is 17.4 Å². The molecule has 1 amide bonds. The molecule has 180 valence electrons. The summed E-state index contributed by atoms with van der Waals surface area (Å²) in [6.07, 6.45) is 5.23. The number of hydrogen-bond acceptors (Lipinski definition) is 5. The first kappa shape index (κ1) is 22.8. The molecule has 7 nitrogen and oxygen atoms in total. The van der Waals surface area contributed by atoms with Crippen LogP contribution in [-0.4, -0.2) is 64.5 Å². The Morgan fingerprint density at radius 1 is 1.15 bits per heavy atom. The molecule has 1 unspecified atom stereocenters. The highest BCUT2D eigenvalue weighted by Crippen LogP contribution is 2.33. The lowest BCUT2D eigenvalue weighted by Gasteiger charge is -2.44. The molecule has 3 aliphatic rings. The third kappa shape index (κ3) is 4.67. The second-order valence-electron chi connectivity index (χ2n) is 10.1. The first-order chi connectivity index (χ1) is 16.5. The van der Waals surface area contributed by atoms with Gasteiger partial charge in [-0.3, -0.25) is 14.5 Å². The molecule has 34 heavy (non-hydrogen) atoms. The zero-order chi connectivity index (χ0) is 23.7. The van der Waals surface area contributed by atoms with Crippen LogP contribution in [0.5, 0.6) is 0 Å². The number of nitrogens with one attached hydrogen (secondary N) is 1. The van der Waals surface area contributed by atoms with Crippen LogP contribution in [0.25, 0.3) is 0 Å². The molecule has 4 heterocycles. The standard InChI is InChI=1S/C27H34N4O3/c1-18-5-2-3-7-23(18)24(27(33)34)31-16-21(17-31)26(32)30-13-10-19(11-14-30)15-22-9-8-20-6-4-12-28-25(20)29-22/h2-3,5,7-9,19,21,24H,4,6,10-17H2,1H3,(H,28,29)(H,33,34). The average molecular weight is 463 g/mol. The highest BCUT2D eigenvalue weighted by atomic mass is 16.4. The van der Waals surface area contributed by atoms with Crippen LogP contribution in [0.3, 0.4) is 0 Å². The quantitative estimate of drug-likeness (QED) is 0.685. The lowest BCUT2D eigenvalue weighted by molar-refractivity contribution is -0.153. The van der Waals surface area contributed by atoms with Crippen molar-refractivity contribution in [1.29, 1.82) is 0 Å². The summed E-state index contributed by atoms with van der Waals surface area (Å²) in [5.41, 5.74) is 4.24. The number of aromatic nitrogens is 1. The normalized spacial score (nSPS) is 20.2. The Balaban J connectivity index is 1.12. The molecule has 3 aliphatic heterocycles. The zero-order valence-electron chi connectivity index (χ0n) is 19.9. The lowest BCUT2D eigenvalue weighted by Crippen LogP contribution is -2.57. The fourth-order valence-corrected chi connectivity index (χ4v) is 5.65. The van der Waals surface area contributed by atoms with Crippen LogP contribution >= 0.6 is 0 Å². The number of piperidine rings is 1. The van der Waals surface area contributed by atoms with Crippen molar-refractivity contribution in [2.75, 3.05) is 38.0 Å². The molecule has 7 heteroatoms. The summed E-state index contributed by atoms with van der Waals surface area (Å²) >= 11 is 0. The Labute approximate surface area is 201 Å². The Kier molecular flexibility index (Phi) is 6.55. The molecule has 0 bridgehead atoms. The number of carboxylic acid groups (broad SMARTS) is 1. The fraction of sp³-hybridized carbons (Fsp3) is 0.519. The van der Waals surface area contributed by atoms with Gasteiger partial charge in [0.2, 0.25) is 5.91 Å². The van der Waals surface area contributed by atoms with Crippen molar-refractivity contribution in [2.24, 2.45) is 11.8 Å². The molecule has 1 aromatic heterocycles. The van der Waals surface area contributed by atoms with Gasteiger partial charge < -0.3 is 15.3 Å². The topological polar surface area (TPSA) is 85.8 Å². The van der Waals surface area contributed by atoms with Crippen molar-refractivity contribution < 1.29 is 14.7 Å². The van der Waals surface area contributed by atoms with Crippen LogP contribution in [0.15, 0.2) is 36.4 Å². The van der Waals surface area contributed by atoms with Crippen LogP contribution in [0, 0.1) is 18.8 Å². The predicted octanol–water partition coefficient (Wildman–Crippen LogP) is 3.29. The lowest BCUT2D eigenvalue weighted by atomic mass is 9.88. The van der Waals surface area contributed by atoms with E-state index in [-0.39, 0.29) is 11.8 Å². The van der Waals surface area contributed by atoms with Gasteiger partial charge in [0, 0.05) is 38.4 Å².